The fourth-order valence-corrected chi connectivity index (χ4v) is 2.65. The minimum atomic E-state index is -0.162. The number of hydrogen-bond acceptors (Lipinski definition) is 3. The number of amides is 1. The molecule has 0 saturated carbocycles. The average Bonchev–Trinajstić information content (AvgIpc) is 2.68. The second kappa shape index (κ2) is 6.21. The summed E-state index contributed by atoms with van der Waals surface area (Å²) in [6.45, 7) is 0.128. The van der Waals surface area contributed by atoms with Gasteiger partial charge in [0.2, 0.25) is 5.91 Å². The van der Waals surface area contributed by atoms with Gasteiger partial charge in [0.25, 0.3) is 0 Å². The number of benzene rings is 1. The molecular weight excluding hydrogens is 378 g/mol. The summed E-state index contributed by atoms with van der Waals surface area (Å²) in [5.41, 5.74) is 0.687. The molecule has 1 N–H and O–H groups in total. The Morgan fingerprint density at radius 3 is 2.84 bits per heavy atom. The summed E-state index contributed by atoms with van der Waals surface area (Å²) in [6, 6.07) is 8.96. The van der Waals surface area contributed by atoms with Crippen molar-refractivity contribution in [2.24, 2.45) is 0 Å². The Kier molecular flexibility index (Phi) is 4.60. The van der Waals surface area contributed by atoms with Crippen LogP contribution in [0.1, 0.15) is 0 Å². The zero-order chi connectivity index (χ0) is 13.8. The van der Waals surface area contributed by atoms with Crippen molar-refractivity contribution in [1.29, 1.82) is 0 Å². The smallest absolute Gasteiger partial charge is 0.246 e. The van der Waals surface area contributed by atoms with Crippen molar-refractivity contribution in [2.45, 2.75) is 6.54 Å². The standard InChI is InChI=1S/C12H11Br2N3O2/c1-19-9-4-2-3-8(5-9)15-12(18)7-17-11(14)6-10(13)16-17/h2-6H,7H2,1H3,(H,15,18). The molecule has 0 atom stereocenters. The minimum Gasteiger partial charge on any atom is -0.497 e. The van der Waals surface area contributed by atoms with E-state index in [-0.39, 0.29) is 12.5 Å². The van der Waals surface area contributed by atoms with Crippen molar-refractivity contribution in [3.8, 4) is 5.75 Å². The maximum absolute atomic E-state index is 11.9. The van der Waals surface area contributed by atoms with E-state index in [1.165, 1.54) is 0 Å². The third-order valence-corrected chi connectivity index (χ3v) is 3.37. The fourth-order valence-electron chi connectivity index (χ4n) is 1.51. The monoisotopic (exact) mass is 387 g/mol. The van der Waals surface area contributed by atoms with Crippen LogP contribution in [0.15, 0.2) is 39.5 Å². The molecule has 0 bridgehead atoms. The highest BCUT2D eigenvalue weighted by atomic mass is 79.9. The molecule has 0 saturated heterocycles. The molecule has 7 heteroatoms. The van der Waals surface area contributed by atoms with Gasteiger partial charge in [-0.15, -0.1) is 0 Å². The highest BCUT2D eigenvalue weighted by Crippen LogP contribution is 2.18. The topological polar surface area (TPSA) is 56.1 Å². The molecule has 0 unspecified atom stereocenters. The zero-order valence-electron chi connectivity index (χ0n) is 10.1. The maximum Gasteiger partial charge on any atom is 0.246 e. The van der Waals surface area contributed by atoms with E-state index in [9.17, 15) is 4.79 Å². The van der Waals surface area contributed by atoms with Crippen LogP contribution in [-0.2, 0) is 11.3 Å². The summed E-state index contributed by atoms with van der Waals surface area (Å²) in [6.07, 6.45) is 0. The Hall–Kier alpha value is -1.34. The van der Waals surface area contributed by atoms with Crippen molar-refractivity contribution in [1.82, 2.24) is 9.78 Å². The number of anilines is 1. The third-order valence-electron chi connectivity index (χ3n) is 2.35. The van der Waals surface area contributed by atoms with E-state index in [0.29, 0.717) is 16.0 Å². The lowest BCUT2D eigenvalue weighted by molar-refractivity contribution is -0.116. The number of carbonyl (C=O) groups excluding carboxylic acids is 1. The number of methoxy groups -OCH3 is 1. The summed E-state index contributed by atoms with van der Waals surface area (Å²) in [4.78, 5) is 11.9. The van der Waals surface area contributed by atoms with Gasteiger partial charge in [0.05, 0.1) is 7.11 Å². The molecular formula is C12H11Br2N3O2. The summed E-state index contributed by atoms with van der Waals surface area (Å²) >= 11 is 6.57. The second-order valence-electron chi connectivity index (χ2n) is 3.73. The molecule has 19 heavy (non-hydrogen) atoms. The lowest BCUT2D eigenvalue weighted by Gasteiger charge is -2.07. The summed E-state index contributed by atoms with van der Waals surface area (Å²) in [5, 5.41) is 6.91. The molecule has 0 aliphatic rings. The number of ether oxygens (including phenoxy) is 1. The molecule has 0 aliphatic carbocycles. The highest BCUT2D eigenvalue weighted by Gasteiger charge is 2.09. The van der Waals surface area contributed by atoms with Gasteiger partial charge in [-0.25, -0.2) is 4.68 Å². The highest BCUT2D eigenvalue weighted by molar-refractivity contribution is 9.11. The van der Waals surface area contributed by atoms with Crippen LogP contribution in [0.4, 0.5) is 5.69 Å². The second-order valence-corrected chi connectivity index (χ2v) is 5.35. The fraction of sp³-hybridized carbons (Fsp3) is 0.167. The Morgan fingerprint density at radius 2 is 2.21 bits per heavy atom. The molecule has 0 fully saturated rings. The Morgan fingerprint density at radius 1 is 1.42 bits per heavy atom. The van der Waals surface area contributed by atoms with Crippen LogP contribution in [0, 0.1) is 0 Å². The van der Waals surface area contributed by atoms with Crippen molar-refractivity contribution >= 4 is 43.5 Å². The van der Waals surface area contributed by atoms with Gasteiger partial charge in [-0.05, 0) is 44.0 Å². The van der Waals surface area contributed by atoms with E-state index in [4.69, 9.17) is 4.74 Å². The molecule has 2 rings (SSSR count). The molecule has 1 aromatic carbocycles. The largest absolute Gasteiger partial charge is 0.497 e. The first kappa shape index (κ1) is 14.1. The predicted octanol–water partition coefficient (Wildman–Crippen LogP) is 3.06. The van der Waals surface area contributed by atoms with E-state index < -0.39 is 0 Å². The Balaban J connectivity index is 2.03. The normalized spacial score (nSPS) is 10.3. The Labute approximate surface area is 127 Å². The number of halogens is 2. The number of hydrogen-bond donors (Lipinski definition) is 1. The van der Waals surface area contributed by atoms with Gasteiger partial charge >= 0.3 is 0 Å². The number of aromatic nitrogens is 2. The van der Waals surface area contributed by atoms with Gasteiger partial charge in [-0.2, -0.15) is 5.10 Å². The van der Waals surface area contributed by atoms with Crippen molar-refractivity contribution in [3.63, 3.8) is 0 Å². The third kappa shape index (κ3) is 3.81. The van der Waals surface area contributed by atoms with Crippen LogP contribution in [0.3, 0.4) is 0 Å². The van der Waals surface area contributed by atoms with Crippen LogP contribution >= 0.6 is 31.9 Å². The van der Waals surface area contributed by atoms with E-state index in [1.807, 2.05) is 12.1 Å². The van der Waals surface area contributed by atoms with Gasteiger partial charge in [0, 0.05) is 17.8 Å². The first-order valence-electron chi connectivity index (χ1n) is 5.41. The number of carbonyl (C=O) groups is 1. The first-order valence-corrected chi connectivity index (χ1v) is 7.00. The van der Waals surface area contributed by atoms with Crippen molar-refractivity contribution in [2.75, 3.05) is 12.4 Å². The molecule has 0 aliphatic heterocycles. The van der Waals surface area contributed by atoms with Gasteiger partial charge in [0.1, 0.15) is 21.5 Å². The molecule has 100 valence electrons. The van der Waals surface area contributed by atoms with E-state index in [2.05, 4.69) is 42.3 Å². The Bertz CT molecular complexity index is 598. The summed E-state index contributed by atoms with van der Waals surface area (Å²) in [7, 11) is 1.58. The predicted molar refractivity (Wildman–Crippen MR) is 79.3 cm³/mol. The lowest BCUT2D eigenvalue weighted by Crippen LogP contribution is -2.19. The van der Waals surface area contributed by atoms with E-state index >= 15 is 0 Å². The molecule has 5 nitrogen and oxygen atoms in total. The van der Waals surface area contributed by atoms with Crippen LogP contribution < -0.4 is 10.1 Å². The van der Waals surface area contributed by atoms with E-state index in [0.717, 1.165) is 4.60 Å². The van der Waals surface area contributed by atoms with Gasteiger partial charge in [0.15, 0.2) is 0 Å². The molecule has 0 radical (unpaired) electrons. The molecule has 1 heterocycles. The first-order chi connectivity index (χ1) is 9.08. The minimum absolute atomic E-state index is 0.128. The molecule has 1 aromatic heterocycles. The van der Waals surface area contributed by atoms with Crippen LogP contribution in [0.5, 0.6) is 5.75 Å². The average molecular weight is 389 g/mol. The molecule has 0 spiro atoms. The van der Waals surface area contributed by atoms with Gasteiger partial charge in [-0.3, -0.25) is 4.79 Å². The molecule has 2 aromatic rings. The van der Waals surface area contributed by atoms with Crippen molar-refractivity contribution in [3.05, 3.63) is 39.5 Å². The quantitative estimate of drug-likeness (QED) is 0.875. The maximum atomic E-state index is 11.9. The summed E-state index contributed by atoms with van der Waals surface area (Å²) in [5.74, 6) is 0.533. The van der Waals surface area contributed by atoms with Gasteiger partial charge < -0.3 is 10.1 Å². The van der Waals surface area contributed by atoms with Crippen molar-refractivity contribution < 1.29 is 9.53 Å². The van der Waals surface area contributed by atoms with Crippen LogP contribution in [0.2, 0.25) is 0 Å². The van der Waals surface area contributed by atoms with E-state index in [1.54, 1.807) is 30.0 Å². The molecule has 1 amide bonds. The number of rotatable bonds is 4. The summed E-state index contributed by atoms with van der Waals surface area (Å²) < 4.78 is 8.06. The number of nitrogens with zero attached hydrogens (tertiary/aromatic N) is 2. The van der Waals surface area contributed by atoms with Gasteiger partial charge in [-0.1, -0.05) is 6.07 Å². The number of nitrogens with one attached hydrogen (secondary N) is 1. The zero-order valence-corrected chi connectivity index (χ0v) is 13.2. The van der Waals surface area contributed by atoms with Crippen LogP contribution in [0.25, 0.3) is 0 Å². The SMILES string of the molecule is COc1cccc(NC(=O)Cn2nc(Br)cc2Br)c1. The lowest BCUT2D eigenvalue weighted by atomic mass is 10.3. The van der Waals surface area contributed by atoms with Crippen LogP contribution in [-0.4, -0.2) is 22.8 Å².